The maximum Gasteiger partial charge on any atom is 0.504 e. The smallest absolute Gasteiger partial charge is 0.379 e. The molecule has 1 aliphatic carbocycles. The minimum absolute atomic E-state index is 0.376. The van der Waals surface area contributed by atoms with Crippen molar-refractivity contribution in [3.05, 3.63) is 0 Å². The van der Waals surface area contributed by atoms with Gasteiger partial charge in [0.2, 0.25) is 0 Å². The molecule has 0 atom stereocenters. The molecule has 0 bridgehead atoms. The lowest BCUT2D eigenvalue weighted by atomic mass is 10.4. The average Bonchev–Trinajstić information content (AvgIpc) is 3.22. The van der Waals surface area contributed by atoms with Gasteiger partial charge in [0.05, 0.1) is 39.6 Å². The Morgan fingerprint density at radius 1 is 0.556 bits per heavy atom. The van der Waals surface area contributed by atoms with Crippen molar-refractivity contribution in [2.45, 2.75) is 71.3 Å². The molecular formula is C20H42O6Si. The molecule has 0 spiro atoms. The zero-order valence-corrected chi connectivity index (χ0v) is 18.8. The molecule has 162 valence electrons. The maximum atomic E-state index is 6.33. The van der Waals surface area contributed by atoms with Gasteiger partial charge in [0.1, 0.15) is 0 Å². The lowest BCUT2D eigenvalue weighted by Crippen LogP contribution is -2.51. The quantitative estimate of drug-likeness (QED) is 0.237. The summed E-state index contributed by atoms with van der Waals surface area (Å²) in [5.41, 5.74) is 0.376. The van der Waals surface area contributed by atoms with Gasteiger partial charge >= 0.3 is 8.80 Å². The Hall–Kier alpha value is -0.0231. The minimum atomic E-state index is -2.78. The second kappa shape index (κ2) is 16.9. The summed E-state index contributed by atoms with van der Waals surface area (Å²) in [5.74, 6) is 0. The molecule has 1 rings (SSSR count). The fourth-order valence-corrected chi connectivity index (χ4v) is 6.40. The Bertz CT molecular complexity index is 290. The minimum Gasteiger partial charge on any atom is -0.379 e. The lowest BCUT2D eigenvalue weighted by molar-refractivity contribution is -0.00487. The first-order valence-corrected chi connectivity index (χ1v) is 12.7. The first kappa shape index (κ1) is 25.0. The van der Waals surface area contributed by atoms with Crippen LogP contribution in [0, 0.1) is 0 Å². The topological polar surface area (TPSA) is 55.4 Å². The highest BCUT2D eigenvalue weighted by molar-refractivity contribution is 6.62. The van der Waals surface area contributed by atoms with Gasteiger partial charge in [-0.15, -0.1) is 0 Å². The van der Waals surface area contributed by atoms with Crippen molar-refractivity contribution in [3.63, 3.8) is 0 Å². The molecule has 27 heavy (non-hydrogen) atoms. The second-order valence-electron chi connectivity index (χ2n) is 6.97. The van der Waals surface area contributed by atoms with Crippen molar-refractivity contribution in [3.8, 4) is 0 Å². The highest BCUT2D eigenvalue weighted by Gasteiger charge is 2.50. The van der Waals surface area contributed by atoms with Crippen LogP contribution in [0.2, 0.25) is 5.54 Å². The van der Waals surface area contributed by atoms with E-state index in [2.05, 4.69) is 20.8 Å². The zero-order valence-electron chi connectivity index (χ0n) is 17.8. The summed E-state index contributed by atoms with van der Waals surface area (Å²) < 4.78 is 35.8. The normalized spacial score (nSPS) is 15.7. The van der Waals surface area contributed by atoms with Crippen LogP contribution < -0.4 is 0 Å². The first-order valence-electron chi connectivity index (χ1n) is 10.9. The van der Waals surface area contributed by atoms with Crippen molar-refractivity contribution in [2.24, 2.45) is 0 Å². The number of hydrogen-bond donors (Lipinski definition) is 0. The molecule has 0 unspecified atom stereocenters. The fourth-order valence-electron chi connectivity index (χ4n) is 3.23. The van der Waals surface area contributed by atoms with Crippen LogP contribution >= 0.6 is 0 Å². The number of hydrogen-bond acceptors (Lipinski definition) is 6. The number of rotatable bonds is 19. The Kier molecular flexibility index (Phi) is 15.6. The summed E-state index contributed by atoms with van der Waals surface area (Å²) in [7, 11) is -2.78. The van der Waals surface area contributed by atoms with Crippen LogP contribution in [0.25, 0.3) is 0 Å². The van der Waals surface area contributed by atoms with Crippen molar-refractivity contribution < 1.29 is 27.5 Å². The Labute approximate surface area is 167 Å². The van der Waals surface area contributed by atoms with Gasteiger partial charge < -0.3 is 27.5 Å². The third-order valence-corrected chi connectivity index (χ3v) is 7.89. The predicted molar refractivity (Wildman–Crippen MR) is 109 cm³/mol. The van der Waals surface area contributed by atoms with Crippen molar-refractivity contribution in [1.82, 2.24) is 0 Å². The highest BCUT2D eigenvalue weighted by atomic mass is 28.4. The molecule has 1 aliphatic rings. The highest BCUT2D eigenvalue weighted by Crippen LogP contribution is 2.40. The predicted octanol–water partition coefficient (Wildman–Crippen LogP) is 4.20. The van der Waals surface area contributed by atoms with Crippen molar-refractivity contribution in [2.75, 3.05) is 59.5 Å². The largest absolute Gasteiger partial charge is 0.504 e. The molecule has 7 heteroatoms. The van der Waals surface area contributed by atoms with Gasteiger partial charge in [-0.1, -0.05) is 33.6 Å². The molecule has 0 N–H and O–H groups in total. The molecule has 0 radical (unpaired) electrons. The fraction of sp³-hybridized carbons (Fsp3) is 1.00. The lowest BCUT2D eigenvalue weighted by Gasteiger charge is -2.34. The van der Waals surface area contributed by atoms with Crippen molar-refractivity contribution in [1.29, 1.82) is 0 Å². The van der Waals surface area contributed by atoms with E-state index >= 15 is 0 Å². The standard InChI is InChI=1S/C20H42O6Si/c1-4-11-21-14-17-24-27(20-9-7-8-10-20,25-18-15-22-12-5-2)26-19-16-23-13-6-3/h20H,4-19H2,1-3H3. The van der Waals surface area contributed by atoms with E-state index in [0.717, 1.165) is 51.9 Å². The Morgan fingerprint density at radius 3 is 1.26 bits per heavy atom. The van der Waals surface area contributed by atoms with Crippen LogP contribution in [0.15, 0.2) is 0 Å². The molecule has 0 aromatic rings. The molecule has 1 saturated carbocycles. The monoisotopic (exact) mass is 406 g/mol. The van der Waals surface area contributed by atoms with Crippen LogP contribution in [-0.4, -0.2) is 68.3 Å². The van der Waals surface area contributed by atoms with Gasteiger partial charge in [0, 0.05) is 25.4 Å². The summed E-state index contributed by atoms with van der Waals surface area (Å²) in [4.78, 5) is 0. The summed E-state index contributed by atoms with van der Waals surface area (Å²) >= 11 is 0. The summed E-state index contributed by atoms with van der Waals surface area (Å²) in [6.45, 7) is 11.9. The molecule has 0 amide bonds. The van der Waals surface area contributed by atoms with E-state index in [1.807, 2.05) is 0 Å². The van der Waals surface area contributed by atoms with Gasteiger partial charge in [-0.05, 0) is 32.1 Å². The van der Waals surface area contributed by atoms with Crippen molar-refractivity contribution >= 4 is 8.80 Å². The molecule has 0 aromatic heterocycles. The van der Waals surface area contributed by atoms with E-state index in [1.165, 1.54) is 12.8 Å². The van der Waals surface area contributed by atoms with E-state index in [0.29, 0.717) is 45.2 Å². The molecule has 1 fully saturated rings. The summed E-state index contributed by atoms with van der Waals surface area (Å²) in [5, 5.41) is 0. The van der Waals surface area contributed by atoms with E-state index in [-0.39, 0.29) is 0 Å². The van der Waals surface area contributed by atoms with Crippen LogP contribution in [0.4, 0.5) is 0 Å². The van der Waals surface area contributed by atoms with E-state index in [4.69, 9.17) is 27.5 Å². The molecular weight excluding hydrogens is 364 g/mol. The molecule has 0 heterocycles. The van der Waals surface area contributed by atoms with E-state index in [9.17, 15) is 0 Å². The summed E-state index contributed by atoms with van der Waals surface area (Å²) in [6, 6.07) is 0. The van der Waals surface area contributed by atoms with Gasteiger partial charge in [-0.25, -0.2) is 0 Å². The van der Waals surface area contributed by atoms with Gasteiger partial charge in [0.15, 0.2) is 0 Å². The Morgan fingerprint density at radius 2 is 0.926 bits per heavy atom. The van der Waals surface area contributed by atoms with Gasteiger partial charge in [-0.3, -0.25) is 0 Å². The van der Waals surface area contributed by atoms with Crippen LogP contribution in [-0.2, 0) is 27.5 Å². The van der Waals surface area contributed by atoms with Gasteiger partial charge in [0.25, 0.3) is 0 Å². The first-order chi connectivity index (χ1) is 13.3. The van der Waals surface area contributed by atoms with Crippen LogP contribution in [0.5, 0.6) is 0 Å². The molecule has 0 saturated heterocycles. The average molecular weight is 407 g/mol. The maximum absolute atomic E-state index is 6.33. The number of ether oxygens (including phenoxy) is 3. The van der Waals surface area contributed by atoms with Gasteiger partial charge in [-0.2, -0.15) is 0 Å². The second-order valence-corrected chi connectivity index (χ2v) is 9.86. The molecule has 0 aliphatic heterocycles. The molecule has 6 nitrogen and oxygen atoms in total. The SMILES string of the molecule is CCCOCCO[Si](OCCOCCC)(OCCOCCC)C1CCCC1. The summed E-state index contributed by atoms with van der Waals surface area (Å²) in [6.07, 6.45) is 7.73. The third kappa shape index (κ3) is 10.9. The zero-order chi connectivity index (χ0) is 19.6. The van der Waals surface area contributed by atoms with E-state index < -0.39 is 8.80 Å². The third-order valence-electron chi connectivity index (χ3n) is 4.49. The van der Waals surface area contributed by atoms with Crippen LogP contribution in [0.1, 0.15) is 65.7 Å². The van der Waals surface area contributed by atoms with E-state index in [1.54, 1.807) is 0 Å². The Balaban J connectivity index is 2.60. The van der Waals surface area contributed by atoms with Crippen LogP contribution in [0.3, 0.4) is 0 Å². The molecule has 0 aromatic carbocycles.